The highest BCUT2D eigenvalue weighted by atomic mass is 16.2. The van der Waals surface area contributed by atoms with Crippen LogP contribution in [-0.2, 0) is 6.54 Å². The summed E-state index contributed by atoms with van der Waals surface area (Å²) in [6.45, 7) is 9.04. The highest BCUT2D eigenvalue weighted by Crippen LogP contribution is 2.15. The van der Waals surface area contributed by atoms with E-state index in [-0.39, 0.29) is 11.8 Å². The zero-order valence-corrected chi connectivity index (χ0v) is 19.0. The number of rotatable bonds is 4. The fourth-order valence-electron chi connectivity index (χ4n) is 4.28. The van der Waals surface area contributed by atoms with Crippen molar-refractivity contribution in [3.63, 3.8) is 0 Å². The number of amides is 2. The Morgan fingerprint density at radius 1 is 0.812 bits per heavy atom. The summed E-state index contributed by atoms with van der Waals surface area (Å²) >= 11 is 0. The van der Waals surface area contributed by atoms with Gasteiger partial charge in [-0.15, -0.1) is 0 Å². The minimum absolute atomic E-state index is 0.0186. The highest BCUT2D eigenvalue weighted by Gasteiger charge is 2.23. The van der Waals surface area contributed by atoms with Crippen molar-refractivity contribution >= 4 is 11.8 Å². The summed E-state index contributed by atoms with van der Waals surface area (Å²) < 4.78 is 1.96. The second kappa shape index (κ2) is 9.39. The van der Waals surface area contributed by atoms with Gasteiger partial charge in [-0.05, 0) is 63.1 Å². The Hall–Kier alpha value is -3.41. The molecule has 2 heterocycles. The Kier molecular flexibility index (Phi) is 6.40. The molecule has 6 heteroatoms. The molecule has 0 saturated carbocycles. The number of carbonyl (C=O) groups is 2. The van der Waals surface area contributed by atoms with Crippen LogP contribution in [0.2, 0.25) is 0 Å². The summed E-state index contributed by atoms with van der Waals surface area (Å²) in [5.74, 6) is 0.0555. The Morgan fingerprint density at radius 2 is 1.44 bits per heavy atom. The summed E-state index contributed by atoms with van der Waals surface area (Å²) in [4.78, 5) is 29.9. The van der Waals surface area contributed by atoms with E-state index in [1.54, 1.807) is 0 Å². The lowest BCUT2D eigenvalue weighted by Gasteiger charge is -2.22. The highest BCUT2D eigenvalue weighted by molar-refractivity contribution is 5.95. The van der Waals surface area contributed by atoms with Gasteiger partial charge in [0.2, 0.25) is 0 Å². The molecular weight excluding hydrogens is 400 g/mol. The first kappa shape index (κ1) is 21.8. The third kappa shape index (κ3) is 4.90. The Morgan fingerprint density at radius 3 is 2.03 bits per heavy atom. The quantitative estimate of drug-likeness (QED) is 0.632. The van der Waals surface area contributed by atoms with Crippen LogP contribution >= 0.6 is 0 Å². The normalized spacial score (nSPS) is 14.3. The van der Waals surface area contributed by atoms with Crippen molar-refractivity contribution in [2.24, 2.45) is 0 Å². The summed E-state index contributed by atoms with van der Waals surface area (Å²) in [6, 6.07) is 17.5. The monoisotopic (exact) mass is 430 g/mol. The minimum atomic E-state index is 0.0186. The van der Waals surface area contributed by atoms with Crippen LogP contribution in [0.5, 0.6) is 0 Å². The molecule has 1 saturated heterocycles. The molecule has 32 heavy (non-hydrogen) atoms. The number of hydrogen-bond donors (Lipinski definition) is 0. The van der Waals surface area contributed by atoms with Crippen molar-refractivity contribution in [2.75, 3.05) is 26.2 Å². The summed E-state index contributed by atoms with van der Waals surface area (Å²) in [7, 11) is 0. The van der Waals surface area contributed by atoms with Gasteiger partial charge in [-0.25, -0.2) is 0 Å². The molecule has 0 spiro atoms. The number of aromatic nitrogens is 2. The third-order valence-electron chi connectivity index (χ3n) is 5.94. The molecular formula is C26H30N4O2. The number of carbonyl (C=O) groups excluding carboxylic acids is 2. The van der Waals surface area contributed by atoms with Gasteiger partial charge in [-0.2, -0.15) is 5.10 Å². The van der Waals surface area contributed by atoms with Crippen LogP contribution < -0.4 is 0 Å². The summed E-state index contributed by atoms with van der Waals surface area (Å²) in [5, 5.41) is 4.52. The first-order valence-electron chi connectivity index (χ1n) is 11.2. The molecule has 4 rings (SSSR count). The molecule has 3 aromatic rings. The van der Waals surface area contributed by atoms with Crippen LogP contribution in [0.4, 0.5) is 0 Å². The number of hydrogen-bond acceptors (Lipinski definition) is 3. The van der Waals surface area contributed by atoms with E-state index in [0.29, 0.717) is 43.9 Å². The maximum atomic E-state index is 13.2. The second-order valence-electron chi connectivity index (χ2n) is 8.59. The van der Waals surface area contributed by atoms with Crippen molar-refractivity contribution in [1.29, 1.82) is 0 Å². The number of aryl methyl sites for hydroxylation is 3. The van der Waals surface area contributed by atoms with Crippen molar-refractivity contribution in [3.8, 4) is 0 Å². The van der Waals surface area contributed by atoms with E-state index in [4.69, 9.17) is 0 Å². The smallest absolute Gasteiger partial charge is 0.253 e. The van der Waals surface area contributed by atoms with Crippen molar-refractivity contribution in [1.82, 2.24) is 19.6 Å². The molecule has 166 valence electrons. The van der Waals surface area contributed by atoms with E-state index >= 15 is 0 Å². The van der Waals surface area contributed by atoms with E-state index in [9.17, 15) is 9.59 Å². The molecule has 6 nitrogen and oxygen atoms in total. The van der Waals surface area contributed by atoms with Gasteiger partial charge in [-0.3, -0.25) is 14.3 Å². The van der Waals surface area contributed by atoms with Crippen LogP contribution in [0.3, 0.4) is 0 Å². The van der Waals surface area contributed by atoms with Gasteiger partial charge < -0.3 is 9.80 Å². The molecule has 1 aliphatic rings. The number of nitrogens with zero attached hydrogens (tertiary/aromatic N) is 4. The lowest BCUT2D eigenvalue weighted by molar-refractivity contribution is 0.0718. The molecule has 1 fully saturated rings. The SMILES string of the molecule is Cc1cccc(C(=O)N2CCCN(C(=O)c3cccc(Cn4nc(C)cc4C)c3)CC2)c1. The zero-order valence-electron chi connectivity index (χ0n) is 19.0. The van der Waals surface area contributed by atoms with Crippen molar-refractivity contribution in [2.45, 2.75) is 33.7 Å². The van der Waals surface area contributed by atoms with Gasteiger partial charge in [0.15, 0.2) is 0 Å². The summed E-state index contributed by atoms with van der Waals surface area (Å²) in [5.41, 5.74) is 5.61. The molecule has 0 radical (unpaired) electrons. The molecule has 0 aliphatic carbocycles. The van der Waals surface area contributed by atoms with Gasteiger partial charge in [0.25, 0.3) is 11.8 Å². The molecule has 0 unspecified atom stereocenters. The maximum absolute atomic E-state index is 13.2. The largest absolute Gasteiger partial charge is 0.337 e. The zero-order chi connectivity index (χ0) is 22.7. The topological polar surface area (TPSA) is 58.4 Å². The molecule has 2 aromatic carbocycles. The molecule has 1 aromatic heterocycles. The van der Waals surface area contributed by atoms with Crippen molar-refractivity contribution in [3.05, 3.63) is 88.2 Å². The van der Waals surface area contributed by atoms with Crippen LogP contribution in [0.25, 0.3) is 0 Å². The van der Waals surface area contributed by atoms with Crippen LogP contribution in [-0.4, -0.2) is 57.6 Å². The van der Waals surface area contributed by atoms with E-state index in [2.05, 4.69) is 11.2 Å². The average molecular weight is 431 g/mol. The predicted molar refractivity (Wildman–Crippen MR) is 125 cm³/mol. The maximum Gasteiger partial charge on any atom is 0.253 e. The third-order valence-corrected chi connectivity index (χ3v) is 5.94. The van der Waals surface area contributed by atoms with Crippen molar-refractivity contribution < 1.29 is 9.59 Å². The number of benzene rings is 2. The van der Waals surface area contributed by atoms with Gasteiger partial charge in [0, 0.05) is 43.0 Å². The van der Waals surface area contributed by atoms with Crippen LogP contribution in [0.1, 0.15) is 49.7 Å². The van der Waals surface area contributed by atoms with E-state index in [0.717, 1.165) is 28.9 Å². The first-order chi connectivity index (χ1) is 15.4. The summed E-state index contributed by atoms with van der Waals surface area (Å²) in [6.07, 6.45) is 0.773. The average Bonchev–Trinajstić information content (AvgIpc) is 2.96. The molecule has 0 atom stereocenters. The second-order valence-corrected chi connectivity index (χ2v) is 8.59. The fraction of sp³-hybridized carbons (Fsp3) is 0.346. The fourth-order valence-corrected chi connectivity index (χ4v) is 4.28. The van der Waals surface area contributed by atoms with Gasteiger partial charge in [-0.1, -0.05) is 29.8 Å². The Bertz CT molecular complexity index is 1130. The molecule has 2 amide bonds. The van der Waals surface area contributed by atoms with E-state index < -0.39 is 0 Å². The van der Waals surface area contributed by atoms with Crippen LogP contribution in [0, 0.1) is 20.8 Å². The first-order valence-corrected chi connectivity index (χ1v) is 11.2. The Balaban J connectivity index is 1.43. The van der Waals surface area contributed by atoms with Gasteiger partial charge >= 0.3 is 0 Å². The van der Waals surface area contributed by atoms with Crippen LogP contribution in [0.15, 0.2) is 54.6 Å². The van der Waals surface area contributed by atoms with Gasteiger partial charge in [0.1, 0.15) is 0 Å². The minimum Gasteiger partial charge on any atom is -0.337 e. The molecule has 0 bridgehead atoms. The van der Waals surface area contributed by atoms with E-state index in [1.165, 1.54) is 0 Å². The lowest BCUT2D eigenvalue weighted by Crippen LogP contribution is -2.37. The van der Waals surface area contributed by atoms with Gasteiger partial charge in [0.05, 0.1) is 12.2 Å². The molecule has 0 N–H and O–H groups in total. The van der Waals surface area contributed by atoms with E-state index in [1.807, 2.05) is 83.8 Å². The predicted octanol–water partition coefficient (Wildman–Crippen LogP) is 3.84. The molecule has 1 aliphatic heterocycles. The lowest BCUT2D eigenvalue weighted by atomic mass is 10.1. The standard InChI is InChI=1S/C26H30N4O2/c1-19-7-4-9-23(15-19)25(31)28-11-6-12-29(14-13-28)26(32)24-10-5-8-22(17-24)18-30-21(3)16-20(2)27-30/h4-5,7-10,15-17H,6,11-14,18H2,1-3H3. The Labute approximate surface area is 189 Å².